The van der Waals surface area contributed by atoms with E-state index in [4.69, 9.17) is 9.47 Å². The summed E-state index contributed by atoms with van der Waals surface area (Å²) in [5.74, 6) is -0.940. The number of carbonyl (C=O) groups is 4. The maximum Gasteiger partial charge on any atom is 0.408 e. The van der Waals surface area contributed by atoms with Gasteiger partial charge in [0, 0.05) is 24.1 Å². The Balaban J connectivity index is 1.41. The Labute approximate surface area is 236 Å². The minimum atomic E-state index is -0.847. The number of nitrogens with one attached hydrogen (secondary N) is 1. The van der Waals surface area contributed by atoms with Gasteiger partial charge >= 0.3 is 12.1 Å². The molecule has 0 saturated carbocycles. The molecule has 2 saturated heterocycles. The number of rotatable bonds is 6. The van der Waals surface area contributed by atoms with Crippen molar-refractivity contribution in [2.45, 2.75) is 50.8 Å². The zero-order valence-electron chi connectivity index (χ0n) is 22.5. The highest BCUT2D eigenvalue weighted by molar-refractivity contribution is 8.00. The van der Waals surface area contributed by atoms with E-state index < -0.39 is 35.0 Å². The van der Waals surface area contributed by atoms with Gasteiger partial charge in [0.2, 0.25) is 0 Å². The van der Waals surface area contributed by atoms with Crippen LogP contribution in [0.5, 0.6) is 0 Å². The number of ether oxygens (including phenoxy) is 2. The van der Waals surface area contributed by atoms with Crippen LogP contribution in [0.1, 0.15) is 32.8 Å². The largest absolute Gasteiger partial charge is 0.456 e. The quantitative estimate of drug-likeness (QED) is 0.323. The Morgan fingerprint density at radius 3 is 2.62 bits per heavy atom. The number of carbonyl (C=O) groups excluding carboxylic acids is 4. The second-order valence-electron chi connectivity index (χ2n) is 10.6. The van der Waals surface area contributed by atoms with Crippen molar-refractivity contribution in [3.63, 3.8) is 0 Å². The van der Waals surface area contributed by atoms with Gasteiger partial charge in [0.15, 0.2) is 0 Å². The zero-order chi connectivity index (χ0) is 28.4. The second kappa shape index (κ2) is 11.2. The third kappa shape index (κ3) is 5.74. The summed E-state index contributed by atoms with van der Waals surface area (Å²) >= 11 is 1.40. The molecule has 40 heavy (non-hydrogen) atoms. The van der Waals surface area contributed by atoms with E-state index >= 15 is 0 Å². The van der Waals surface area contributed by atoms with E-state index in [-0.39, 0.29) is 18.2 Å². The van der Waals surface area contributed by atoms with Crippen LogP contribution >= 0.6 is 11.8 Å². The van der Waals surface area contributed by atoms with Gasteiger partial charge in [-0.15, -0.1) is 11.8 Å². The van der Waals surface area contributed by atoms with E-state index in [0.29, 0.717) is 35.6 Å². The molecule has 11 heteroatoms. The molecule has 1 aromatic heterocycles. The van der Waals surface area contributed by atoms with Gasteiger partial charge < -0.3 is 19.7 Å². The highest BCUT2D eigenvalue weighted by Crippen LogP contribution is 2.42. The standard InChI is InChI=1S/C29H30N4O6S/c1-29(2,3)39-28(37)31-22-25(35)33-23(27(36)38-16-18-8-5-4-6-9-18)20(17-40-26(22)33)14-19-11-13-32(24(19)34)21-10-7-12-30-15-21/h4-10,12,14-15,22,26H,11,13,16-17H2,1-3H3,(H,31,37)/b19-14+/t22-,26-/m1/s1. The maximum atomic E-state index is 13.4. The van der Waals surface area contributed by atoms with Crippen LogP contribution in [0.25, 0.3) is 0 Å². The molecule has 0 aliphatic carbocycles. The van der Waals surface area contributed by atoms with Crippen molar-refractivity contribution in [3.8, 4) is 0 Å². The molecule has 0 spiro atoms. The van der Waals surface area contributed by atoms with E-state index in [1.54, 1.807) is 50.2 Å². The molecule has 0 radical (unpaired) electrons. The number of allylic oxidation sites excluding steroid dienone is 1. The number of thioether (sulfide) groups is 1. The van der Waals surface area contributed by atoms with Crippen LogP contribution in [0.4, 0.5) is 10.5 Å². The number of hydrogen-bond acceptors (Lipinski definition) is 8. The summed E-state index contributed by atoms with van der Waals surface area (Å²) < 4.78 is 10.9. The highest BCUT2D eigenvalue weighted by atomic mass is 32.2. The van der Waals surface area contributed by atoms with E-state index in [2.05, 4.69) is 10.3 Å². The summed E-state index contributed by atoms with van der Waals surface area (Å²) in [6.45, 7) is 5.72. The molecule has 3 aliphatic heterocycles. The van der Waals surface area contributed by atoms with Crippen molar-refractivity contribution < 1.29 is 28.7 Å². The third-order valence-corrected chi connectivity index (χ3v) is 7.81. The molecule has 2 fully saturated rings. The SMILES string of the molecule is CC(C)(C)OC(=O)N[C@@H]1C(=O)N2C(C(=O)OCc3ccccc3)=C(/C=C3\CCN(c4cccnc4)C3=O)CS[C@H]12. The van der Waals surface area contributed by atoms with Crippen molar-refractivity contribution >= 4 is 41.3 Å². The minimum Gasteiger partial charge on any atom is -0.456 e. The van der Waals surface area contributed by atoms with Crippen molar-refractivity contribution in [3.05, 3.63) is 83.3 Å². The van der Waals surface area contributed by atoms with Gasteiger partial charge in [-0.1, -0.05) is 30.3 Å². The van der Waals surface area contributed by atoms with Gasteiger partial charge in [0.1, 0.15) is 29.3 Å². The fourth-order valence-corrected chi connectivity index (χ4v) is 5.99. The molecule has 2 atom stereocenters. The van der Waals surface area contributed by atoms with Crippen LogP contribution in [-0.4, -0.2) is 63.1 Å². The first-order chi connectivity index (χ1) is 19.1. The Bertz CT molecular complexity index is 1390. The van der Waals surface area contributed by atoms with Gasteiger partial charge in [-0.05, 0) is 56.5 Å². The fourth-order valence-electron chi connectivity index (χ4n) is 4.69. The second-order valence-corrected chi connectivity index (χ2v) is 11.7. The number of amides is 3. The van der Waals surface area contributed by atoms with Crippen molar-refractivity contribution in [2.24, 2.45) is 0 Å². The molecule has 3 aliphatic rings. The lowest BCUT2D eigenvalue weighted by Gasteiger charge is -2.49. The zero-order valence-corrected chi connectivity index (χ0v) is 23.3. The van der Waals surface area contributed by atoms with Gasteiger partial charge in [0.05, 0.1) is 11.9 Å². The lowest BCUT2D eigenvalue weighted by atomic mass is 10.0. The molecule has 2 aromatic rings. The Hall–Kier alpha value is -4.12. The number of pyridine rings is 1. The smallest absolute Gasteiger partial charge is 0.408 e. The Morgan fingerprint density at radius 1 is 1.15 bits per heavy atom. The maximum absolute atomic E-state index is 13.4. The normalized spacial score (nSPS) is 21.7. The number of aromatic nitrogens is 1. The van der Waals surface area contributed by atoms with E-state index in [0.717, 1.165) is 5.56 Å². The van der Waals surface area contributed by atoms with Crippen LogP contribution in [-0.2, 0) is 30.5 Å². The molecule has 10 nitrogen and oxygen atoms in total. The first kappa shape index (κ1) is 27.4. The van der Waals surface area contributed by atoms with Gasteiger partial charge in [0.25, 0.3) is 11.8 Å². The summed E-state index contributed by atoms with van der Waals surface area (Å²) in [5, 5.41) is 2.12. The Kier molecular flexibility index (Phi) is 7.66. The lowest BCUT2D eigenvalue weighted by molar-refractivity contribution is -0.152. The monoisotopic (exact) mass is 562 g/mol. The van der Waals surface area contributed by atoms with Crippen LogP contribution in [0, 0.1) is 0 Å². The lowest BCUT2D eigenvalue weighted by Crippen LogP contribution is -2.70. The molecule has 208 valence electrons. The number of benzene rings is 1. The third-order valence-electron chi connectivity index (χ3n) is 6.51. The molecule has 5 rings (SSSR count). The van der Waals surface area contributed by atoms with Crippen molar-refractivity contribution in [2.75, 3.05) is 17.2 Å². The minimum absolute atomic E-state index is 0.0279. The van der Waals surface area contributed by atoms with Gasteiger partial charge in [-0.3, -0.25) is 19.5 Å². The first-order valence-corrected chi connectivity index (χ1v) is 14.0. The summed E-state index contributed by atoms with van der Waals surface area (Å²) in [5.41, 5.74) is 1.92. The first-order valence-electron chi connectivity index (χ1n) is 12.9. The van der Waals surface area contributed by atoms with E-state index in [1.165, 1.54) is 16.7 Å². The van der Waals surface area contributed by atoms with Gasteiger partial charge in [-0.2, -0.15) is 0 Å². The summed E-state index contributed by atoms with van der Waals surface area (Å²) in [6, 6.07) is 12.0. The Morgan fingerprint density at radius 2 is 1.93 bits per heavy atom. The fraction of sp³-hybridized carbons (Fsp3) is 0.345. The number of anilines is 1. The molecule has 1 aromatic carbocycles. The molecule has 0 unspecified atom stereocenters. The van der Waals surface area contributed by atoms with Gasteiger partial charge in [-0.25, -0.2) is 9.59 Å². The summed E-state index contributed by atoms with van der Waals surface area (Å²) in [7, 11) is 0. The van der Waals surface area contributed by atoms with Crippen molar-refractivity contribution in [1.29, 1.82) is 0 Å². The van der Waals surface area contributed by atoms with Crippen LogP contribution in [0.2, 0.25) is 0 Å². The molecule has 0 bridgehead atoms. The number of alkyl carbamates (subject to hydrolysis) is 1. The highest BCUT2D eigenvalue weighted by Gasteiger charge is 2.54. The summed E-state index contributed by atoms with van der Waals surface area (Å²) in [4.78, 5) is 59.4. The topological polar surface area (TPSA) is 118 Å². The predicted octanol–water partition coefficient (Wildman–Crippen LogP) is 3.55. The number of β-lactam (4-membered cyclic amide) rings is 1. The molecule has 4 heterocycles. The van der Waals surface area contributed by atoms with Crippen LogP contribution < -0.4 is 10.2 Å². The molecular weight excluding hydrogens is 532 g/mol. The van der Waals surface area contributed by atoms with E-state index in [1.807, 2.05) is 36.4 Å². The molecule has 1 N–H and O–H groups in total. The van der Waals surface area contributed by atoms with Crippen LogP contribution in [0.3, 0.4) is 0 Å². The molecule has 3 amide bonds. The number of esters is 1. The van der Waals surface area contributed by atoms with Crippen molar-refractivity contribution in [1.82, 2.24) is 15.2 Å². The average molecular weight is 563 g/mol. The number of fused-ring (bicyclic) bond motifs is 1. The summed E-state index contributed by atoms with van der Waals surface area (Å²) in [6.07, 6.45) is 4.74. The van der Waals surface area contributed by atoms with Crippen LogP contribution in [0.15, 0.2) is 77.8 Å². The predicted molar refractivity (Wildman–Crippen MR) is 149 cm³/mol. The number of hydrogen-bond donors (Lipinski definition) is 1. The van der Waals surface area contributed by atoms with E-state index in [9.17, 15) is 19.2 Å². The average Bonchev–Trinajstić information content (AvgIpc) is 3.29. The molecular formula is C29H30N4O6S. The number of nitrogens with zero attached hydrogens (tertiary/aromatic N) is 3.